The number of hydrogen-bond donors (Lipinski definition) is 1. The van der Waals surface area contributed by atoms with Gasteiger partial charge in [0.2, 0.25) is 5.91 Å². The van der Waals surface area contributed by atoms with E-state index in [1.54, 1.807) is 11.3 Å². The van der Waals surface area contributed by atoms with Crippen molar-refractivity contribution in [3.8, 4) is 21.8 Å². The predicted molar refractivity (Wildman–Crippen MR) is 97.6 cm³/mol. The lowest BCUT2D eigenvalue weighted by Crippen LogP contribution is -2.24. The zero-order valence-electron chi connectivity index (χ0n) is 13.2. The molecule has 0 aliphatic heterocycles. The molecule has 1 amide bonds. The number of carbonyl (C=O) groups is 1. The third-order valence-electron chi connectivity index (χ3n) is 4.16. The first-order valence-electron chi connectivity index (χ1n) is 8.17. The fourth-order valence-electron chi connectivity index (χ4n) is 2.64. The van der Waals surface area contributed by atoms with Crippen LogP contribution in [0.3, 0.4) is 0 Å². The lowest BCUT2D eigenvalue weighted by Gasteiger charge is -2.05. The number of carbonyl (C=O) groups excluding carboxylic acids is 1. The largest absolute Gasteiger partial charge is 0.352 e. The number of amides is 1. The van der Waals surface area contributed by atoms with Crippen molar-refractivity contribution in [3.63, 3.8) is 0 Å². The van der Waals surface area contributed by atoms with Crippen molar-refractivity contribution in [2.24, 2.45) is 5.92 Å². The van der Waals surface area contributed by atoms with Gasteiger partial charge in [0, 0.05) is 29.0 Å². The molecule has 1 aliphatic rings. The van der Waals surface area contributed by atoms with E-state index >= 15 is 0 Å². The average molecular weight is 334 g/mol. The highest BCUT2D eigenvalue weighted by atomic mass is 32.1. The summed E-state index contributed by atoms with van der Waals surface area (Å²) in [6.07, 6.45) is 2.07. The smallest absolute Gasteiger partial charge is 0.223 e. The number of hydrogen-bond acceptors (Lipinski definition) is 3. The second-order valence-electron chi connectivity index (χ2n) is 6.10. The standard InChI is InChI=1S/C20H18N2OS/c23-19(16-9-10-16)21-12-14-5-4-8-17(11-14)20-22-18(13-24-20)15-6-2-1-3-7-15/h1-8,11,13,16H,9-10,12H2,(H,21,23). The molecule has 1 N–H and O–H groups in total. The Morgan fingerprint density at radius 1 is 1.08 bits per heavy atom. The summed E-state index contributed by atoms with van der Waals surface area (Å²) in [5.74, 6) is 0.432. The first-order valence-corrected chi connectivity index (χ1v) is 9.05. The van der Waals surface area contributed by atoms with Crippen LogP contribution in [-0.2, 0) is 11.3 Å². The van der Waals surface area contributed by atoms with Crippen molar-refractivity contribution in [2.45, 2.75) is 19.4 Å². The van der Waals surface area contributed by atoms with E-state index in [0.29, 0.717) is 6.54 Å². The van der Waals surface area contributed by atoms with E-state index in [4.69, 9.17) is 4.98 Å². The third kappa shape index (κ3) is 3.39. The van der Waals surface area contributed by atoms with E-state index in [0.717, 1.165) is 40.2 Å². The minimum atomic E-state index is 0.181. The summed E-state index contributed by atoms with van der Waals surface area (Å²) in [7, 11) is 0. The molecule has 3 aromatic rings. The van der Waals surface area contributed by atoms with Crippen LogP contribution in [0.2, 0.25) is 0 Å². The van der Waals surface area contributed by atoms with Crippen molar-refractivity contribution in [3.05, 3.63) is 65.5 Å². The third-order valence-corrected chi connectivity index (χ3v) is 5.05. The Morgan fingerprint density at radius 3 is 2.67 bits per heavy atom. The Kier molecular flexibility index (Phi) is 4.13. The first-order chi connectivity index (χ1) is 11.8. The average Bonchev–Trinajstić information content (AvgIpc) is 3.37. The summed E-state index contributed by atoms with van der Waals surface area (Å²) in [6, 6.07) is 18.5. The van der Waals surface area contributed by atoms with E-state index in [2.05, 4.69) is 35.0 Å². The number of nitrogens with zero attached hydrogens (tertiary/aromatic N) is 1. The van der Waals surface area contributed by atoms with Gasteiger partial charge in [-0.05, 0) is 24.5 Å². The molecule has 1 fully saturated rings. The number of benzene rings is 2. The number of nitrogens with one attached hydrogen (secondary N) is 1. The summed E-state index contributed by atoms with van der Waals surface area (Å²) in [5.41, 5.74) is 4.34. The highest BCUT2D eigenvalue weighted by molar-refractivity contribution is 7.13. The molecular formula is C20H18N2OS. The maximum absolute atomic E-state index is 11.8. The maximum atomic E-state index is 11.8. The van der Waals surface area contributed by atoms with Gasteiger partial charge in [0.1, 0.15) is 5.01 Å². The van der Waals surface area contributed by atoms with Gasteiger partial charge in [-0.15, -0.1) is 11.3 Å². The van der Waals surface area contributed by atoms with Crippen LogP contribution >= 0.6 is 11.3 Å². The zero-order valence-corrected chi connectivity index (χ0v) is 14.1. The SMILES string of the molecule is O=C(NCc1cccc(-c2nc(-c3ccccc3)cs2)c1)C1CC1. The molecule has 0 spiro atoms. The molecule has 4 heteroatoms. The van der Waals surface area contributed by atoms with Crippen LogP contribution in [0.25, 0.3) is 21.8 Å². The molecule has 4 rings (SSSR count). The summed E-state index contributed by atoms with van der Waals surface area (Å²) in [5, 5.41) is 6.11. The Labute approximate surface area is 145 Å². The van der Waals surface area contributed by atoms with Gasteiger partial charge in [-0.25, -0.2) is 4.98 Å². The summed E-state index contributed by atoms with van der Waals surface area (Å²) >= 11 is 1.65. The van der Waals surface area contributed by atoms with Gasteiger partial charge in [-0.3, -0.25) is 4.79 Å². The molecule has 120 valence electrons. The quantitative estimate of drug-likeness (QED) is 0.746. The second kappa shape index (κ2) is 6.57. The summed E-state index contributed by atoms with van der Waals surface area (Å²) in [6.45, 7) is 0.583. The topological polar surface area (TPSA) is 42.0 Å². The molecule has 0 saturated heterocycles. The monoisotopic (exact) mass is 334 g/mol. The molecule has 2 aromatic carbocycles. The lowest BCUT2D eigenvalue weighted by molar-refractivity contribution is -0.122. The molecule has 0 atom stereocenters. The van der Waals surface area contributed by atoms with Crippen LogP contribution in [0.5, 0.6) is 0 Å². The van der Waals surface area contributed by atoms with E-state index in [1.807, 2.05) is 30.3 Å². The molecule has 1 aromatic heterocycles. The number of rotatable bonds is 5. The van der Waals surface area contributed by atoms with Gasteiger partial charge in [0.15, 0.2) is 0 Å². The first kappa shape index (κ1) is 15.1. The fourth-order valence-corrected chi connectivity index (χ4v) is 3.47. The maximum Gasteiger partial charge on any atom is 0.223 e. The van der Waals surface area contributed by atoms with Gasteiger partial charge >= 0.3 is 0 Å². The molecule has 24 heavy (non-hydrogen) atoms. The van der Waals surface area contributed by atoms with Crippen molar-refractivity contribution in [1.29, 1.82) is 0 Å². The minimum Gasteiger partial charge on any atom is -0.352 e. The van der Waals surface area contributed by atoms with Gasteiger partial charge in [-0.2, -0.15) is 0 Å². The van der Waals surface area contributed by atoms with Crippen molar-refractivity contribution in [1.82, 2.24) is 10.3 Å². The van der Waals surface area contributed by atoms with Crippen LogP contribution < -0.4 is 5.32 Å². The molecule has 1 heterocycles. The summed E-state index contributed by atoms with van der Waals surface area (Å²) in [4.78, 5) is 16.5. The normalized spacial score (nSPS) is 13.7. The number of thiazole rings is 1. The van der Waals surface area contributed by atoms with Crippen molar-refractivity contribution in [2.75, 3.05) is 0 Å². The molecule has 1 aliphatic carbocycles. The zero-order chi connectivity index (χ0) is 16.4. The second-order valence-corrected chi connectivity index (χ2v) is 6.95. The molecular weight excluding hydrogens is 316 g/mol. The van der Waals surface area contributed by atoms with Gasteiger partial charge in [0.05, 0.1) is 5.69 Å². The molecule has 3 nitrogen and oxygen atoms in total. The summed E-state index contributed by atoms with van der Waals surface area (Å²) < 4.78 is 0. The van der Waals surface area contributed by atoms with Gasteiger partial charge < -0.3 is 5.32 Å². The molecule has 0 bridgehead atoms. The Morgan fingerprint density at radius 2 is 1.88 bits per heavy atom. The number of aromatic nitrogens is 1. The molecule has 0 unspecified atom stereocenters. The van der Waals surface area contributed by atoms with Gasteiger partial charge in [0.25, 0.3) is 0 Å². The fraction of sp³-hybridized carbons (Fsp3) is 0.200. The van der Waals surface area contributed by atoms with Crippen LogP contribution in [0, 0.1) is 5.92 Å². The van der Waals surface area contributed by atoms with Crippen LogP contribution in [-0.4, -0.2) is 10.9 Å². The minimum absolute atomic E-state index is 0.181. The Balaban J connectivity index is 1.51. The van der Waals surface area contributed by atoms with Crippen LogP contribution in [0.4, 0.5) is 0 Å². The molecule has 0 radical (unpaired) electrons. The Bertz CT molecular complexity index is 853. The van der Waals surface area contributed by atoms with E-state index < -0.39 is 0 Å². The van der Waals surface area contributed by atoms with Crippen LogP contribution in [0.1, 0.15) is 18.4 Å². The van der Waals surface area contributed by atoms with Crippen molar-refractivity contribution < 1.29 is 4.79 Å². The van der Waals surface area contributed by atoms with Crippen LogP contribution in [0.15, 0.2) is 60.0 Å². The Hall–Kier alpha value is -2.46. The van der Waals surface area contributed by atoms with E-state index in [1.165, 1.54) is 0 Å². The van der Waals surface area contributed by atoms with Crippen molar-refractivity contribution >= 4 is 17.2 Å². The highest BCUT2D eigenvalue weighted by Gasteiger charge is 2.29. The van der Waals surface area contributed by atoms with Gasteiger partial charge in [-0.1, -0.05) is 48.5 Å². The lowest BCUT2D eigenvalue weighted by atomic mass is 10.1. The van der Waals surface area contributed by atoms with E-state index in [9.17, 15) is 4.79 Å². The van der Waals surface area contributed by atoms with E-state index in [-0.39, 0.29) is 11.8 Å². The molecule has 1 saturated carbocycles. The predicted octanol–water partition coefficient (Wildman–Crippen LogP) is 4.50. The highest BCUT2D eigenvalue weighted by Crippen LogP contribution is 2.30.